The predicted molar refractivity (Wildman–Crippen MR) is 158 cm³/mol. The summed E-state index contributed by atoms with van der Waals surface area (Å²) in [5.74, 6) is 0.360. The Morgan fingerprint density at radius 2 is 1.98 bits per heavy atom. The van der Waals surface area contributed by atoms with Crippen molar-refractivity contribution >= 4 is 52.0 Å². The summed E-state index contributed by atoms with van der Waals surface area (Å²) in [4.78, 5) is 44.9. The summed E-state index contributed by atoms with van der Waals surface area (Å²) in [6.07, 6.45) is 7.65. The van der Waals surface area contributed by atoms with Crippen molar-refractivity contribution in [3.05, 3.63) is 66.2 Å². The monoisotopic (exact) mass is 569 g/mol. The molecule has 2 aromatic carbocycles. The number of hydrogen-bond acceptors (Lipinski definition) is 7. The Labute approximate surface area is 242 Å². The zero-order valence-corrected chi connectivity index (χ0v) is 23.4. The molecule has 2 aliphatic rings. The van der Waals surface area contributed by atoms with Crippen LogP contribution in [-0.4, -0.2) is 59.7 Å². The summed E-state index contributed by atoms with van der Waals surface area (Å²) >= 11 is 0. The Morgan fingerprint density at radius 1 is 1.10 bits per heavy atom. The summed E-state index contributed by atoms with van der Waals surface area (Å²) in [5, 5.41) is 6.61. The Balaban J connectivity index is 1.02. The van der Waals surface area contributed by atoms with Crippen LogP contribution in [0.2, 0.25) is 0 Å². The van der Waals surface area contributed by atoms with E-state index in [4.69, 9.17) is 13.9 Å². The van der Waals surface area contributed by atoms with Crippen LogP contribution in [0, 0.1) is 0 Å². The zero-order valence-electron chi connectivity index (χ0n) is 23.4. The van der Waals surface area contributed by atoms with Crippen molar-refractivity contribution in [2.45, 2.75) is 31.7 Å². The fourth-order valence-electron chi connectivity index (χ4n) is 5.36. The van der Waals surface area contributed by atoms with Crippen LogP contribution in [0.15, 0.2) is 64.3 Å². The van der Waals surface area contributed by atoms with Crippen LogP contribution in [0.4, 0.5) is 17.1 Å². The van der Waals surface area contributed by atoms with Crippen molar-refractivity contribution in [1.29, 1.82) is 0 Å². The average Bonchev–Trinajstić information content (AvgIpc) is 3.71. The average molecular weight is 570 g/mol. The van der Waals surface area contributed by atoms with Gasteiger partial charge in [0.2, 0.25) is 5.91 Å². The molecule has 42 heavy (non-hydrogen) atoms. The number of nitrogens with one attached hydrogen (secondary N) is 2. The molecule has 2 aromatic heterocycles. The van der Waals surface area contributed by atoms with Crippen LogP contribution in [-0.2, 0) is 11.8 Å². The molecule has 4 heterocycles. The number of fused-ring (bicyclic) bond motifs is 3. The van der Waals surface area contributed by atoms with Crippen molar-refractivity contribution in [1.82, 2.24) is 9.47 Å². The number of hydrogen-bond donors (Lipinski definition) is 2. The molecule has 0 spiro atoms. The number of aliphatic imine (C=N–C) groups is 1. The van der Waals surface area contributed by atoms with E-state index in [1.807, 2.05) is 23.2 Å². The van der Waals surface area contributed by atoms with E-state index in [0.717, 1.165) is 30.4 Å². The van der Waals surface area contributed by atoms with Gasteiger partial charge < -0.3 is 34.0 Å². The molecule has 1 fully saturated rings. The Hall–Kier alpha value is -5.06. The summed E-state index contributed by atoms with van der Waals surface area (Å²) in [7, 11) is 3.27. The van der Waals surface area contributed by atoms with Crippen molar-refractivity contribution in [2.75, 3.05) is 30.9 Å². The highest BCUT2D eigenvalue weighted by Crippen LogP contribution is 2.38. The van der Waals surface area contributed by atoms with Gasteiger partial charge in [0.25, 0.3) is 11.8 Å². The second kappa shape index (κ2) is 11.4. The van der Waals surface area contributed by atoms with Gasteiger partial charge in [-0.05, 0) is 55.7 Å². The van der Waals surface area contributed by atoms with E-state index in [0.29, 0.717) is 46.2 Å². The topological polar surface area (TPSA) is 127 Å². The Bertz CT molecular complexity index is 1700. The molecule has 2 N–H and O–H groups in total. The quantitative estimate of drug-likeness (QED) is 0.269. The number of carbonyl (C=O) groups excluding carboxylic acids is 3. The van der Waals surface area contributed by atoms with Crippen molar-refractivity contribution in [3.8, 4) is 11.5 Å². The fraction of sp³-hybridized carbons (Fsp3) is 0.290. The first-order valence-electron chi connectivity index (χ1n) is 13.8. The first-order valence-corrected chi connectivity index (χ1v) is 13.8. The third-order valence-electron chi connectivity index (χ3n) is 7.50. The molecule has 4 aromatic rings. The molecular formula is C31H31N5O6. The van der Waals surface area contributed by atoms with Crippen LogP contribution in [0.3, 0.4) is 0 Å². The lowest BCUT2D eigenvalue weighted by Crippen LogP contribution is -2.35. The van der Waals surface area contributed by atoms with Gasteiger partial charge >= 0.3 is 0 Å². The van der Waals surface area contributed by atoms with Gasteiger partial charge in [0, 0.05) is 49.6 Å². The Kier molecular flexibility index (Phi) is 7.39. The van der Waals surface area contributed by atoms with Crippen LogP contribution in [0.5, 0.6) is 11.5 Å². The van der Waals surface area contributed by atoms with Crippen LogP contribution >= 0.6 is 0 Å². The number of aryl methyl sites for hydroxylation is 1. The molecule has 1 atom stereocenters. The van der Waals surface area contributed by atoms with Gasteiger partial charge in [0.15, 0.2) is 11.5 Å². The number of methoxy groups -OCH3 is 1. The molecule has 11 nitrogen and oxygen atoms in total. The summed E-state index contributed by atoms with van der Waals surface area (Å²) in [5.41, 5.74) is 3.35. The van der Waals surface area contributed by atoms with Crippen molar-refractivity contribution in [3.63, 3.8) is 0 Å². The lowest BCUT2D eigenvalue weighted by molar-refractivity contribution is -0.116. The van der Waals surface area contributed by atoms with Gasteiger partial charge in [-0.25, -0.2) is 0 Å². The number of ether oxygens (including phenoxy) is 2. The molecule has 6 rings (SSSR count). The molecule has 216 valence electrons. The first-order chi connectivity index (χ1) is 20.4. The van der Waals surface area contributed by atoms with Gasteiger partial charge in [-0.1, -0.05) is 0 Å². The third kappa shape index (κ3) is 5.45. The number of anilines is 2. The normalized spacial score (nSPS) is 15.7. The van der Waals surface area contributed by atoms with Crippen LogP contribution in [0.25, 0.3) is 11.0 Å². The molecule has 3 amide bonds. The Morgan fingerprint density at radius 3 is 2.83 bits per heavy atom. The number of amides is 3. The molecule has 0 saturated carbocycles. The van der Waals surface area contributed by atoms with E-state index in [9.17, 15) is 14.4 Å². The van der Waals surface area contributed by atoms with E-state index >= 15 is 0 Å². The second-order valence-corrected chi connectivity index (χ2v) is 10.4. The SMILES string of the molecule is COc1cc2c(cc1OCCCC(=O)Nc1cc(C(=O)Nc3ccc4occc4c3)n(C)c1)N=CC1CCCN1C2=O. The van der Waals surface area contributed by atoms with E-state index in [1.165, 1.54) is 7.11 Å². The lowest BCUT2D eigenvalue weighted by atomic mass is 10.1. The van der Waals surface area contributed by atoms with E-state index in [-0.39, 0.29) is 36.8 Å². The van der Waals surface area contributed by atoms with E-state index in [1.54, 1.807) is 54.4 Å². The molecular weight excluding hydrogens is 538 g/mol. The maximum Gasteiger partial charge on any atom is 0.272 e. The number of rotatable bonds is 9. The highest BCUT2D eigenvalue weighted by molar-refractivity contribution is 6.05. The fourth-order valence-corrected chi connectivity index (χ4v) is 5.36. The smallest absolute Gasteiger partial charge is 0.272 e. The number of benzene rings is 2. The standard InChI is InChI=1S/C31H31N5O6/c1-35-18-21(14-25(35)30(38)34-20-7-8-26-19(13-20)9-12-42-26)33-29(37)6-4-11-41-28-16-24-23(15-27(28)40-2)31(39)36-10-3-5-22(36)17-32-24/h7-9,12-18,22H,3-6,10-11H2,1-2H3,(H,33,37)(H,34,38). The maximum absolute atomic E-state index is 13.0. The number of aromatic nitrogens is 1. The summed E-state index contributed by atoms with van der Waals surface area (Å²) in [6.45, 7) is 0.983. The molecule has 0 bridgehead atoms. The molecule has 2 aliphatic heterocycles. The van der Waals surface area contributed by atoms with E-state index < -0.39 is 0 Å². The van der Waals surface area contributed by atoms with Gasteiger partial charge in [0.1, 0.15) is 11.3 Å². The van der Waals surface area contributed by atoms with Gasteiger partial charge in [-0.2, -0.15) is 0 Å². The highest BCUT2D eigenvalue weighted by atomic mass is 16.5. The van der Waals surface area contributed by atoms with E-state index in [2.05, 4.69) is 15.6 Å². The molecule has 0 aliphatic carbocycles. The van der Waals surface area contributed by atoms with Crippen LogP contribution < -0.4 is 20.1 Å². The second-order valence-electron chi connectivity index (χ2n) is 10.4. The minimum Gasteiger partial charge on any atom is -0.493 e. The minimum atomic E-state index is -0.296. The molecule has 0 radical (unpaired) electrons. The first kappa shape index (κ1) is 27.1. The largest absolute Gasteiger partial charge is 0.493 e. The lowest BCUT2D eigenvalue weighted by Gasteiger charge is -2.20. The highest BCUT2D eigenvalue weighted by Gasteiger charge is 2.32. The zero-order chi connectivity index (χ0) is 29.2. The third-order valence-corrected chi connectivity index (χ3v) is 7.50. The number of nitrogens with zero attached hydrogens (tertiary/aromatic N) is 3. The number of carbonyl (C=O) groups is 3. The van der Waals surface area contributed by atoms with Gasteiger partial charge in [0.05, 0.1) is 43.0 Å². The van der Waals surface area contributed by atoms with Crippen molar-refractivity contribution in [2.24, 2.45) is 12.0 Å². The summed E-state index contributed by atoms with van der Waals surface area (Å²) < 4.78 is 18.4. The molecule has 1 saturated heterocycles. The minimum absolute atomic E-state index is 0.0199. The predicted octanol–water partition coefficient (Wildman–Crippen LogP) is 5.15. The van der Waals surface area contributed by atoms with Gasteiger partial charge in [-0.3, -0.25) is 19.4 Å². The van der Waals surface area contributed by atoms with Crippen LogP contribution in [0.1, 0.15) is 46.5 Å². The van der Waals surface area contributed by atoms with Crippen molar-refractivity contribution < 1.29 is 28.3 Å². The number of furan rings is 1. The summed E-state index contributed by atoms with van der Waals surface area (Å²) in [6, 6.07) is 12.3. The molecule has 11 heteroatoms. The molecule has 1 unspecified atom stereocenters. The maximum atomic E-state index is 13.0. The van der Waals surface area contributed by atoms with Gasteiger partial charge in [-0.15, -0.1) is 0 Å².